The van der Waals surface area contributed by atoms with Gasteiger partial charge in [0.2, 0.25) is 0 Å². The molecule has 138 valence electrons. The van der Waals surface area contributed by atoms with Gasteiger partial charge in [0.25, 0.3) is 5.88 Å². The van der Waals surface area contributed by atoms with Crippen molar-refractivity contribution in [3.8, 4) is 11.6 Å². The van der Waals surface area contributed by atoms with Gasteiger partial charge in [0.15, 0.2) is 5.58 Å². The van der Waals surface area contributed by atoms with E-state index in [1.165, 1.54) is 0 Å². The van der Waals surface area contributed by atoms with E-state index in [-0.39, 0.29) is 18.5 Å². The third kappa shape index (κ3) is 4.02. The number of aromatic nitrogens is 1. The number of piperidine rings is 1. The van der Waals surface area contributed by atoms with Crippen molar-refractivity contribution in [2.24, 2.45) is 5.92 Å². The fourth-order valence-electron chi connectivity index (χ4n) is 3.58. The molecule has 2 unspecified atom stereocenters. The molecule has 2 aliphatic rings. The second kappa shape index (κ2) is 8.25. The fourth-order valence-corrected chi connectivity index (χ4v) is 3.58. The Kier molecular flexibility index (Phi) is 6.04. The molecule has 2 fully saturated rings. The molecule has 1 aromatic heterocycles. The van der Waals surface area contributed by atoms with Gasteiger partial charge in [0.1, 0.15) is 17.2 Å². The van der Waals surface area contributed by atoms with E-state index >= 15 is 0 Å². The number of halogens is 1. The summed E-state index contributed by atoms with van der Waals surface area (Å²) in [6.45, 7) is 2.73. The molecule has 2 N–H and O–H groups in total. The molecule has 2 heterocycles. The molecule has 1 aliphatic heterocycles. The van der Waals surface area contributed by atoms with Crippen LogP contribution in [0.25, 0.3) is 11.0 Å². The molecule has 2 aromatic rings. The molecule has 1 saturated heterocycles. The maximum atomic E-state index is 10.0. The summed E-state index contributed by atoms with van der Waals surface area (Å²) in [5.41, 5.74) is 0.653. The first-order chi connectivity index (χ1) is 11.8. The average molecular weight is 369 g/mol. The number of ether oxygens (including phenoxy) is 2. The maximum Gasteiger partial charge on any atom is 0.265 e. The van der Waals surface area contributed by atoms with Gasteiger partial charge in [0.05, 0.1) is 12.7 Å². The first kappa shape index (κ1) is 18.3. The Labute approximate surface area is 153 Å². The normalized spacial score (nSPS) is 24.2. The number of hydrogen-bond donors (Lipinski definition) is 2. The van der Waals surface area contributed by atoms with Gasteiger partial charge in [-0.2, -0.15) is 0 Å². The van der Waals surface area contributed by atoms with E-state index < -0.39 is 6.10 Å². The Balaban J connectivity index is 0.00000182. The highest BCUT2D eigenvalue weighted by Crippen LogP contribution is 2.36. The maximum absolute atomic E-state index is 10.0. The minimum Gasteiger partial charge on any atom is -0.487 e. The number of nitrogens with zero attached hydrogens (tertiary/aromatic N) is 1. The van der Waals surface area contributed by atoms with E-state index in [0.717, 1.165) is 50.6 Å². The predicted octanol–water partition coefficient (Wildman–Crippen LogP) is 2.92. The van der Waals surface area contributed by atoms with Crippen molar-refractivity contribution >= 4 is 23.4 Å². The molecule has 2 atom stereocenters. The molecular formula is C18H25ClN2O4. The molecule has 0 radical (unpaired) electrons. The van der Waals surface area contributed by atoms with Gasteiger partial charge in [-0.05, 0) is 68.4 Å². The van der Waals surface area contributed by atoms with Gasteiger partial charge >= 0.3 is 0 Å². The zero-order valence-electron chi connectivity index (χ0n) is 14.1. The topological polar surface area (TPSA) is 76.8 Å². The minimum absolute atomic E-state index is 0. The molecule has 0 bridgehead atoms. The summed E-state index contributed by atoms with van der Waals surface area (Å²) in [6, 6.07) is 5.63. The van der Waals surface area contributed by atoms with Crippen LogP contribution in [0, 0.1) is 5.92 Å². The lowest BCUT2D eigenvalue weighted by atomic mass is 9.99. The van der Waals surface area contributed by atoms with Crippen LogP contribution in [0.3, 0.4) is 0 Å². The SMILES string of the molecule is Cl.OC1CCCC1Oc1cccc2onc(OCC3CCNCC3)c12. The second-order valence-electron chi connectivity index (χ2n) is 6.78. The standard InChI is InChI=1S/C18H24N2O4.ClH/c21-13-3-1-4-14(13)23-15-5-2-6-16-17(15)18(20-24-16)22-11-12-7-9-19-10-8-12;/h2,5-6,12-14,19,21H,1,3-4,7-11H2;1H. The molecule has 25 heavy (non-hydrogen) atoms. The molecule has 0 spiro atoms. The number of aliphatic hydroxyl groups is 1. The fraction of sp³-hybridized carbons (Fsp3) is 0.611. The van der Waals surface area contributed by atoms with Gasteiger partial charge < -0.3 is 24.4 Å². The van der Waals surface area contributed by atoms with Crippen LogP contribution in [0.5, 0.6) is 11.6 Å². The number of rotatable bonds is 5. The van der Waals surface area contributed by atoms with Crippen molar-refractivity contribution in [3.05, 3.63) is 18.2 Å². The van der Waals surface area contributed by atoms with E-state index in [9.17, 15) is 5.11 Å². The van der Waals surface area contributed by atoms with Gasteiger partial charge in [-0.1, -0.05) is 6.07 Å². The van der Waals surface area contributed by atoms with Gasteiger partial charge in [0, 0.05) is 0 Å². The molecule has 7 heteroatoms. The van der Waals surface area contributed by atoms with Crippen molar-refractivity contribution in [1.29, 1.82) is 0 Å². The molecule has 0 amide bonds. The first-order valence-electron chi connectivity index (χ1n) is 8.88. The quantitative estimate of drug-likeness (QED) is 0.845. The van der Waals surface area contributed by atoms with Crippen LogP contribution in [0.4, 0.5) is 0 Å². The lowest BCUT2D eigenvalue weighted by molar-refractivity contribution is 0.0612. The second-order valence-corrected chi connectivity index (χ2v) is 6.78. The minimum atomic E-state index is -0.403. The van der Waals surface area contributed by atoms with Crippen molar-refractivity contribution in [2.75, 3.05) is 19.7 Å². The number of hydrogen-bond acceptors (Lipinski definition) is 6. The molecule has 1 saturated carbocycles. The Bertz CT molecular complexity index is 687. The number of aliphatic hydroxyl groups excluding tert-OH is 1. The molecule has 4 rings (SSSR count). The summed E-state index contributed by atoms with van der Waals surface area (Å²) in [6.07, 6.45) is 4.32. The van der Waals surface area contributed by atoms with Crippen molar-refractivity contribution < 1.29 is 19.1 Å². The lowest BCUT2D eigenvalue weighted by Crippen LogP contribution is -2.30. The van der Waals surface area contributed by atoms with Crippen molar-refractivity contribution in [1.82, 2.24) is 10.5 Å². The van der Waals surface area contributed by atoms with E-state index in [1.807, 2.05) is 18.2 Å². The largest absolute Gasteiger partial charge is 0.487 e. The zero-order chi connectivity index (χ0) is 16.4. The molecule has 6 nitrogen and oxygen atoms in total. The first-order valence-corrected chi connectivity index (χ1v) is 8.88. The summed E-state index contributed by atoms with van der Waals surface area (Å²) >= 11 is 0. The van der Waals surface area contributed by atoms with Crippen LogP contribution in [-0.4, -0.2) is 42.2 Å². The average Bonchev–Trinajstić information content (AvgIpc) is 3.21. The van der Waals surface area contributed by atoms with Crippen molar-refractivity contribution in [2.45, 2.75) is 44.3 Å². The highest BCUT2D eigenvalue weighted by atomic mass is 35.5. The summed E-state index contributed by atoms with van der Waals surface area (Å²) in [7, 11) is 0. The summed E-state index contributed by atoms with van der Waals surface area (Å²) in [5, 5.41) is 18.2. The van der Waals surface area contributed by atoms with Crippen LogP contribution in [0.1, 0.15) is 32.1 Å². The third-order valence-corrected chi connectivity index (χ3v) is 5.04. The Morgan fingerprint density at radius 1 is 1.20 bits per heavy atom. The van der Waals surface area contributed by atoms with Crippen LogP contribution in [-0.2, 0) is 0 Å². The predicted molar refractivity (Wildman–Crippen MR) is 96.6 cm³/mol. The van der Waals surface area contributed by atoms with Crippen LogP contribution in [0.2, 0.25) is 0 Å². The monoisotopic (exact) mass is 368 g/mol. The summed E-state index contributed by atoms with van der Waals surface area (Å²) < 4.78 is 17.4. The Morgan fingerprint density at radius 2 is 2.04 bits per heavy atom. The van der Waals surface area contributed by atoms with E-state index in [4.69, 9.17) is 14.0 Å². The summed E-state index contributed by atoms with van der Waals surface area (Å²) in [4.78, 5) is 0. The van der Waals surface area contributed by atoms with E-state index in [0.29, 0.717) is 29.7 Å². The lowest BCUT2D eigenvalue weighted by Gasteiger charge is -2.22. The number of nitrogens with one attached hydrogen (secondary N) is 1. The number of benzene rings is 1. The highest BCUT2D eigenvalue weighted by Gasteiger charge is 2.28. The highest BCUT2D eigenvalue weighted by molar-refractivity contribution is 5.88. The third-order valence-electron chi connectivity index (χ3n) is 5.04. The van der Waals surface area contributed by atoms with Crippen LogP contribution >= 0.6 is 12.4 Å². The number of fused-ring (bicyclic) bond motifs is 1. The smallest absolute Gasteiger partial charge is 0.265 e. The van der Waals surface area contributed by atoms with Crippen LogP contribution in [0.15, 0.2) is 22.7 Å². The van der Waals surface area contributed by atoms with Crippen LogP contribution < -0.4 is 14.8 Å². The van der Waals surface area contributed by atoms with Crippen molar-refractivity contribution in [3.63, 3.8) is 0 Å². The Hall–Kier alpha value is -1.50. The van der Waals surface area contributed by atoms with Gasteiger partial charge in [-0.15, -0.1) is 12.4 Å². The molecule has 1 aromatic carbocycles. The zero-order valence-corrected chi connectivity index (χ0v) is 15.0. The molecule has 1 aliphatic carbocycles. The Morgan fingerprint density at radius 3 is 2.80 bits per heavy atom. The van der Waals surface area contributed by atoms with Gasteiger partial charge in [-0.3, -0.25) is 0 Å². The van der Waals surface area contributed by atoms with E-state index in [1.54, 1.807) is 0 Å². The van der Waals surface area contributed by atoms with Gasteiger partial charge in [-0.25, -0.2) is 0 Å². The summed E-state index contributed by atoms with van der Waals surface area (Å²) in [5.74, 6) is 1.72. The van der Waals surface area contributed by atoms with E-state index in [2.05, 4.69) is 10.5 Å². The molecular weight excluding hydrogens is 344 g/mol.